The lowest BCUT2D eigenvalue weighted by Crippen LogP contribution is -3.00. The number of halogens is 4. The largest absolute Gasteiger partial charge is 1.00 e. The number of rotatable bonds is 4. The van der Waals surface area contributed by atoms with E-state index in [1.54, 1.807) is 33.2 Å². The molecule has 0 N–H and O–H groups in total. The van der Waals surface area contributed by atoms with Gasteiger partial charge < -0.3 is 17.3 Å². The van der Waals surface area contributed by atoms with Crippen LogP contribution in [-0.2, 0) is 19.3 Å². The highest BCUT2D eigenvalue weighted by molar-refractivity contribution is 8.08. The molecule has 0 saturated carbocycles. The van der Waals surface area contributed by atoms with Crippen molar-refractivity contribution < 1.29 is 30.1 Å². The highest BCUT2D eigenvalue weighted by Crippen LogP contribution is 2.45. The third-order valence-corrected chi connectivity index (χ3v) is 9.35. The minimum absolute atomic E-state index is 0. The minimum atomic E-state index is -4.42. The summed E-state index contributed by atoms with van der Waals surface area (Å²) in [5, 5.41) is 3.52. The Morgan fingerprint density at radius 3 is 2.62 bits per heavy atom. The Labute approximate surface area is 230 Å². The van der Waals surface area contributed by atoms with Crippen molar-refractivity contribution in [1.82, 2.24) is 4.57 Å². The van der Waals surface area contributed by atoms with Gasteiger partial charge in [0.15, 0.2) is 12.7 Å². The Morgan fingerprint density at radius 2 is 1.89 bits per heavy atom. The molecule has 0 atom stereocenters. The molecule has 37 heavy (non-hydrogen) atoms. The molecule has 0 fully saturated rings. The van der Waals surface area contributed by atoms with E-state index in [-0.39, 0.29) is 30.1 Å². The summed E-state index contributed by atoms with van der Waals surface area (Å²) in [5.41, 5.74) is 1.75. The van der Waals surface area contributed by atoms with Crippen LogP contribution < -0.4 is 36.6 Å². The molecule has 0 bridgehead atoms. The van der Waals surface area contributed by atoms with Gasteiger partial charge in [-0.25, -0.2) is 0 Å². The van der Waals surface area contributed by atoms with E-state index in [4.69, 9.17) is 0 Å². The number of hydrogen-bond acceptors (Lipinski definition) is 5. The van der Waals surface area contributed by atoms with Gasteiger partial charge in [-0.1, -0.05) is 47.4 Å². The van der Waals surface area contributed by atoms with Gasteiger partial charge >= 0.3 is 6.18 Å². The Hall–Kier alpha value is -2.53. The standard InChI is InChI=1S/C26H23F3N3OS3.ClH/c1-4-32-22(36-23(24(32)33)25-30(3)19-10-9-16(2)13-20(19)35-25)14-21-31(11-12-34-21)15-17-7-5-6-8-18(17)26(27,28)29;/h5-14H,4,15H2,1-3H3;1H/q+1;/p-1/b25-23+;. The number of thiazole rings is 2. The van der Waals surface area contributed by atoms with Gasteiger partial charge in [0, 0.05) is 24.1 Å². The van der Waals surface area contributed by atoms with Crippen LogP contribution in [0.15, 0.2) is 63.7 Å². The maximum absolute atomic E-state index is 13.5. The molecule has 0 radical (unpaired) electrons. The summed E-state index contributed by atoms with van der Waals surface area (Å²) in [4.78, 5) is 16.6. The van der Waals surface area contributed by atoms with E-state index in [9.17, 15) is 18.0 Å². The molecule has 2 aromatic heterocycles. The third-order valence-electron chi connectivity index (χ3n) is 6.03. The van der Waals surface area contributed by atoms with Gasteiger partial charge in [0.25, 0.3) is 10.6 Å². The molecule has 1 aliphatic rings. The highest BCUT2D eigenvalue weighted by Gasteiger charge is 2.34. The number of thioether (sulfide) groups is 1. The van der Waals surface area contributed by atoms with E-state index >= 15 is 0 Å². The summed E-state index contributed by atoms with van der Waals surface area (Å²) in [6.07, 6.45) is -0.737. The summed E-state index contributed by atoms with van der Waals surface area (Å²) in [7, 11) is 1.97. The predicted octanol–water partition coefficient (Wildman–Crippen LogP) is 1.79. The van der Waals surface area contributed by atoms with Crippen LogP contribution in [0.25, 0.3) is 11.1 Å². The zero-order valence-electron chi connectivity index (χ0n) is 20.2. The quantitative estimate of drug-likeness (QED) is 0.344. The van der Waals surface area contributed by atoms with Crippen molar-refractivity contribution in [1.29, 1.82) is 0 Å². The third kappa shape index (κ3) is 5.25. The molecule has 2 aromatic carbocycles. The number of fused-ring (bicyclic) bond motifs is 1. The lowest BCUT2D eigenvalue weighted by atomic mass is 10.1. The van der Waals surface area contributed by atoms with Gasteiger partial charge in [-0.3, -0.25) is 9.36 Å². The molecule has 5 rings (SSSR count). The number of benzene rings is 2. The topological polar surface area (TPSA) is 29.1 Å². The minimum Gasteiger partial charge on any atom is -1.00 e. The number of hydrogen-bond donors (Lipinski definition) is 0. The number of alkyl halides is 3. The second kappa shape index (κ2) is 10.7. The number of aromatic nitrogens is 2. The van der Waals surface area contributed by atoms with Crippen molar-refractivity contribution in [3.8, 4) is 0 Å². The van der Waals surface area contributed by atoms with Crippen molar-refractivity contribution in [3.63, 3.8) is 0 Å². The van der Waals surface area contributed by atoms with Gasteiger partial charge in [-0.2, -0.15) is 17.7 Å². The summed E-state index contributed by atoms with van der Waals surface area (Å²) in [5.74, 6) is 0. The molecule has 4 nitrogen and oxygen atoms in total. The SMILES string of the molecule is CCn1c(=O)/c(=C2\Sc3cc(C)ccc3N2C)s/c1=C\c1scc[n+]1Cc1ccccc1C(F)(F)F.[Cl-]. The molecule has 1 aliphatic heterocycles. The normalized spacial score (nSPS) is 15.2. The van der Waals surface area contributed by atoms with Crippen molar-refractivity contribution in [3.05, 3.63) is 95.3 Å². The molecule has 0 aliphatic carbocycles. The molecule has 4 aromatic rings. The van der Waals surface area contributed by atoms with Gasteiger partial charge in [-0.15, -0.1) is 11.3 Å². The molecule has 0 saturated heterocycles. The molecule has 3 heterocycles. The molecule has 11 heteroatoms. The first-order valence-corrected chi connectivity index (χ1v) is 13.8. The maximum atomic E-state index is 13.5. The fourth-order valence-electron chi connectivity index (χ4n) is 4.22. The van der Waals surface area contributed by atoms with Crippen molar-refractivity contribution in [2.45, 2.75) is 38.0 Å². The zero-order valence-corrected chi connectivity index (χ0v) is 23.4. The van der Waals surface area contributed by atoms with E-state index in [1.807, 2.05) is 32.4 Å². The summed E-state index contributed by atoms with van der Waals surface area (Å²) in [6.45, 7) is 4.55. The van der Waals surface area contributed by atoms with Crippen molar-refractivity contribution in [2.75, 3.05) is 11.9 Å². The van der Waals surface area contributed by atoms with Crippen LogP contribution in [0.5, 0.6) is 0 Å². The first-order valence-electron chi connectivity index (χ1n) is 11.3. The fraction of sp³-hybridized carbons (Fsp3) is 0.231. The van der Waals surface area contributed by atoms with E-state index in [0.29, 0.717) is 11.1 Å². The Balaban J connectivity index is 0.00000320. The molecular formula is C26H23ClF3N3OS3. The van der Waals surface area contributed by atoms with Gasteiger partial charge in [0.1, 0.15) is 14.2 Å². The zero-order chi connectivity index (χ0) is 25.6. The smallest absolute Gasteiger partial charge is 0.416 e. The van der Waals surface area contributed by atoms with E-state index in [2.05, 4.69) is 23.1 Å². The molecule has 194 valence electrons. The Bertz CT molecular complexity index is 1640. The molecule has 0 unspecified atom stereocenters. The lowest BCUT2D eigenvalue weighted by Gasteiger charge is -2.12. The second-order valence-electron chi connectivity index (χ2n) is 8.42. The van der Waals surface area contributed by atoms with Crippen LogP contribution in [0.3, 0.4) is 0 Å². The molecule has 0 amide bonds. The highest BCUT2D eigenvalue weighted by atomic mass is 35.5. The molecular weight excluding hydrogens is 559 g/mol. The van der Waals surface area contributed by atoms with Gasteiger partial charge in [0.2, 0.25) is 0 Å². The van der Waals surface area contributed by atoms with Crippen molar-refractivity contribution in [2.24, 2.45) is 0 Å². The maximum Gasteiger partial charge on any atom is 0.416 e. The van der Waals surface area contributed by atoms with Crippen LogP contribution in [-0.4, -0.2) is 11.6 Å². The van der Waals surface area contributed by atoms with Crippen molar-refractivity contribution >= 4 is 51.2 Å². The average Bonchev–Trinajstić information content (AvgIpc) is 3.49. The van der Waals surface area contributed by atoms with E-state index in [0.717, 1.165) is 36.9 Å². The van der Waals surface area contributed by atoms with Crippen LogP contribution in [0, 0.1) is 6.92 Å². The average molecular weight is 582 g/mol. The first-order chi connectivity index (χ1) is 17.2. The summed E-state index contributed by atoms with van der Waals surface area (Å²) in [6, 6.07) is 11.9. The van der Waals surface area contributed by atoms with Crippen LogP contribution in [0.1, 0.15) is 28.6 Å². The lowest BCUT2D eigenvalue weighted by molar-refractivity contribution is -0.685. The number of nitrogens with zero attached hydrogens (tertiary/aromatic N) is 3. The van der Waals surface area contributed by atoms with Crippen LogP contribution in [0.4, 0.5) is 18.9 Å². The van der Waals surface area contributed by atoms with E-state index in [1.165, 1.54) is 34.8 Å². The van der Waals surface area contributed by atoms with Crippen LogP contribution in [0.2, 0.25) is 0 Å². The predicted molar refractivity (Wildman–Crippen MR) is 141 cm³/mol. The van der Waals surface area contributed by atoms with E-state index < -0.39 is 11.7 Å². The van der Waals surface area contributed by atoms with Gasteiger partial charge in [-0.05, 0) is 37.6 Å². The van der Waals surface area contributed by atoms with Crippen LogP contribution >= 0.6 is 34.4 Å². The second-order valence-corrected chi connectivity index (χ2v) is 11.4. The fourth-order valence-corrected chi connectivity index (χ4v) is 7.63. The number of aryl methyl sites for hydroxylation is 1. The first kappa shape index (κ1) is 27.5. The number of anilines is 1. The summed E-state index contributed by atoms with van der Waals surface area (Å²) < 4.78 is 45.5. The van der Waals surface area contributed by atoms with Gasteiger partial charge in [0.05, 0.1) is 22.7 Å². The molecule has 0 spiro atoms. The monoisotopic (exact) mass is 581 g/mol. The Kier molecular flexibility index (Phi) is 7.94. The Morgan fingerprint density at radius 1 is 1.14 bits per heavy atom. The summed E-state index contributed by atoms with van der Waals surface area (Å²) >= 11 is 4.44.